The van der Waals surface area contributed by atoms with Crippen molar-refractivity contribution in [2.24, 2.45) is 5.14 Å². The van der Waals surface area contributed by atoms with E-state index in [1.165, 1.54) is 67.8 Å². The molecule has 0 aliphatic carbocycles. The highest BCUT2D eigenvalue weighted by Crippen LogP contribution is 2.37. The van der Waals surface area contributed by atoms with Gasteiger partial charge in [0.05, 0.1) is 32.6 Å². The first-order valence-electron chi connectivity index (χ1n) is 16.6. The lowest BCUT2D eigenvalue weighted by molar-refractivity contribution is -0.141. The van der Waals surface area contributed by atoms with E-state index in [-0.39, 0.29) is 44.8 Å². The monoisotopic (exact) mass is 863 g/mol. The number of anilines is 2. The van der Waals surface area contributed by atoms with Crippen molar-refractivity contribution in [2.45, 2.75) is 24.2 Å². The number of carbonyl (C=O) groups is 2. The number of rotatable bonds is 8. The number of benzene rings is 4. The number of carbonyl (C=O) groups excluding carboxylic acids is 2. The van der Waals surface area contributed by atoms with Crippen LogP contribution in [-0.4, -0.2) is 42.2 Å². The highest BCUT2D eigenvalue weighted by molar-refractivity contribution is 7.89. The van der Waals surface area contributed by atoms with Crippen LogP contribution >= 0.6 is 11.6 Å². The summed E-state index contributed by atoms with van der Waals surface area (Å²) in [5.74, 6) is -1.000. The molecule has 59 heavy (non-hydrogen) atoms. The van der Waals surface area contributed by atoms with Crippen LogP contribution in [0.25, 0.3) is 16.9 Å². The number of urea groups is 1. The summed E-state index contributed by atoms with van der Waals surface area (Å²) in [5.41, 5.74) is -0.457. The van der Waals surface area contributed by atoms with Crippen LogP contribution in [0.3, 0.4) is 0 Å². The summed E-state index contributed by atoms with van der Waals surface area (Å²) in [6.45, 7) is 1.87. The standard InChI is InChI=1S/C21H15ClF4N4O3.C17H14F3N3O2S/c1-27-19(31)18-10-13(6-7-28-18)33-12-3-5-17(16(23)9-12)30-20(32)29-11-2-4-15(22)14(8-11)21(24,25)26;1-11-2-4-12(5-3-11)15-10-16(17(18,19)20)22-23(15)13-6-8-14(9-7-13)26(21,24)25/h2-10H,1H3,(H,27,31)(H2,29,30,32);2-10H,1H3,(H2,21,24,25). The summed E-state index contributed by atoms with van der Waals surface area (Å²) in [6.07, 6.45) is -7.97. The average molecular weight is 864 g/mol. The average Bonchev–Trinajstić information content (AvgIpc) is 3.63. The number of halogens is 8. The summed E-state index contributed by atoms with van der Waals surface area (Å²) < 4.78 is 122. The van der Waals surface area contributed by atoms with Crippen molar-refractivity contribution in [1.29, 1.82) is 0 Å². The van der Waals surface area contributed by atoms with Crippen LogP contribution in [0.5, 0.6) is 11.5 Å². The molecular formula is C38H29ClF7N7O5S. The molecule has 6 rings (SSSR count). The van der Waals surface area contributed by atoms with Gasteiger partial charge in [-0.05, 0) is 73.7 Å². The third-order valence-corrected chi connectivity index (χ3v) is 9.16. The lowest BCUT2D eigenvalue weighted by Crippen LogP contribution is -2.20. The highest BCUT2D eigenvalue weighted by Gasteiger charge is 2.36. The fraction of sp³-hybridized carbons (Fsp3) is 0.105. The van der Waals surface area contributed by atoms with Gasteiger partial charge in [-0.2, -0.15) is 31.4 Å². The quantitative estimate of drug-likeness (QED) is 0.111. The maximum Gasteiger partial charge on any atom is 0.435 e. The fourth-order valence-electron chi connectivity index (χ4n) is 5.05. The van der Waals surface area contributed by atoms with Gasteiger partial charge in [0, 0.05) is 36.6 Å². The van der Waals surface area contributed by atoms with Crippen LogP contribution in [0.15, 0.2) is 114 Å². The summed E-state index contributed by atoms with van der Waals surface area (Å²) in [6, 6.07) is 21.3. The van der Waals surface area contributed by atoms with Crippen LogP contribution in [0.4, 0.5) is 46.9 Å². The molecule has 4 aromatic carbocycles. The van der Waals surface area contributed by atoms with Crippen molar-refractivity contribution in [3.05, 3.63) is 143 Å². The SMILES string of the molecule is CNC(=O)c1cc(Oc2ccc(NC(=O)Nc3ccc(Cl)c(C(F)(F)F)c3)c(F)c2)ccn1.Cc1ccc(-c2cc(C(F)(F)F)nn2-c2ccc(S(N)(=O)=O)cc2)cc1. The first kappa shape index (κ1) is 43.6. The molecule has 3 amide bonds. The number of ether oxygens (including phenoxy) is 1. The van der Waals surface area contributed by atoms with E-state index in [0.717, 1.165) is 28.4 Å². The Morgan fingerprint density at radius 1 is 0.814 bits per heavy atom. The highest BCUT2D eigenvalue weighted by atomic mass is 35.5. The van der Waals surface area contributed by atoms with Crippen LogP contribution in [-0.2, 0) is 22.4 Å². The summed E-state index contributed by atoms with van der Waals surface area (Å²) >= 11 is 5.54. The van der Waals surface area contributed by atoms with Crippen molar-refractivity contribution in [3.63, 3.8) is 0 Å². The van der Waals surface area contributed by atoms with E-state index in [4.69, 9.17) is 21.5 Å². The van der Waals surface area contributed by atoms with Gasteiger partial charge < -0.3 is 20.7 Å². The molecule has 0 unspecified atom stereocenters. The number of pyridine rings is 1. The number of amides is 3. The van der Waals surface area contributed by atoms with Gasteiger partial charge in [-0.3, -0.25) is 9.78 Å². The number of aryl methyl sites for hydroxylation is 1. The van der Waals surface area contributed by atoms with Crippen LogP contribution in [0, 0.1) is 12.7 Å². The van der Waals surface area contributed by atoms with Gasteiger partial charge in [0.25, 0.3) is 5.91 Å². The number of aromatic nitrogens is 3. The molecule has 5 N–H and O–H groups in total. The molecule has 0 saturated heterocycles. The largest absolute Gasteiger partial charge is 0.457 e. The van der Waals surface area contributed by atoms with E-state index in [2.05, 4.69) is 26.0 Å². The molecule has 0 atom stereocenters. The number of hydrogen-bond donors (Lipinski definition) is 4. The van der Waals surface area contributed by atoms with E-state index in [1.54, 1.807) is 24.3 Å². The Bertz CT molecular complexity index is 2600. The maximum atomic E-state index is 14.4. The number of alkyl halides is 6. The first-order chi connectivity index (χ1) is 27.6. The molecule has 0 bridgehead atoms. The van der Waals surface area contributed by atoms with E-state index in [1.807, 2.05) is 6.92 Å². The zero-order valence-electron chi connectivity index (χ0n) is 30.3. The number of nitrogens with zero attached hydrogens (tertiary/aromatic N) is 3. The molecule has 12 nitrogen and oxygen atoms in total. The Labute approximate surface area is 335 Å². The number of primary sulfonamides is 1. The normalized spacial score (nSPS) is 11.6. The Morgan fingerprint density at radius 3 is 2.07 bits per heavy atom. The number of sulfonamides is 1. The fourth-order valence-corrected chi connectivity index (χ4v) is 5.79. The zero-order valence-corrected chi connectivity index (χ0v) is 31.9. The topological polar surface area (TPSA) is 170 Å². The van der Waals surface area contributed by atoms with Crippen molar-refractivity contribution in [1.82, 2.24) is 20.1 Å². The van der Waals surface area contributed by atoms with Crippen LogP contribution in [0.2, 0.25) is 5.02 Å². The summed E-state index contributed by atoms with van der Waals surface area (Å²) in [7, 11) is -2.46. The van der Waals surface area contributed by atoms with Crippen molar-refractivity contribution in [3.8, 4) is 28.4 Å². The Kier molecular flexibility index (Phi) is 13.0. The second-order valence-electron chi connectivity index (χ2n) is 12.2. The van der Waals surface area contributed by atoms with Crippen molar-refractivity contribution >= 4 is 44.9 Å². The molecular weight excluding hydrogens is 835 g/mol. The summed E-state index contributed by atoms with van der Waals surface area (Å²) in [5, 5.41) is 15.0. The number of hydrogen-bond acceptors (Lipinski definition) is 7. The zero-order chi connectivity index (χ0) is 43.3. The molecule has 0 radical (unpaired) electrons. The molecule has 2 heterocycles. The molecule has 2 aromatic heterocycles. The molecule has 0 aliphatic heterocycles. The Morgan fingerprint density at radius 2 is 1.47 bits per heavy atom. The number of nitrogens with two attached hydrogens (primary N) is 1. The summed E-state index contributed by atoms with van der Waals surface area (Å²) in [4.78, 5) is 27.5. The third-order valence-electron chi connectivity index (χ3n) is 7.90. The predicted molar refractivity (Wildman–Crippen MR) is 203 cm³/mol. The van der Waals surface area contributed by atoms with Gasteiger partial charge in [0.15, 0.2) is 5.69 Å². The first-order valence-corrected chi connectivity index (χ1v) is 18.5. The molecule has 0 spiro atoms. The molecule has 308 valence electrons. The molecule has 0 aliphatic rings. The Hall–Kier alpha value is -6.51. The maximum absolute atomic E-state index is 14.4. The van der Waals surface area contributed by atoms with Gasteiger partial charge in [-0.15, -0.1) is 0 Å². The van der Waals surface area contributed by atoms with Crippen molar-refractivity contribution in [2.75, 3.05) is 17.7 Å². The van der Waals surface area contributed by atoms with E-state index in [0.29, 0.717) is 11.6 Å². The predicted octanol–water partition coefficient (Wildman–Crippen LogP) is 9.20. The second kappa shape index (κ2) is 17.5. The van der Waals surface area contributed by atoms with Crippen molar-refractivity contribution < 1.29 is 53.5 Å². The van der Waals surface area contributed by atoms with E-state index in [9.17, 15) is 48.7 Å². The van der Waals surface area contributed by atoms with Gasteiger partial charge in [-0.25, -0.2) is 27.4 Å². The van der Waals surface area contributed by atoms with Gasteiger partial charge >= 0.3 is 18.4 Å². The molecule has 6 aromatic rings. The van der Waals surface area contributed by atoms with Gasteiger partial charge in [0.2, 0.25) is 10.0 Å². The number of nitrogens with one attached hydrogen (secondary N) is 3. The lowest BCUT2D eigenvalue weighted by atomic mass is 10.1. The van der Waals surface area contributed by atoms with E-state index < -0.39 is 56.4 Å². The second-order valence-corrected chi connectivity index (χ2v) is 14.2. The molecule has 0 fully saturated rings. The minimum atomic E-state index is -4.71. The van der Waals surface area contributed by atoms with Gasteiger partial charge in [-0.1, -0.05) is 41.4 Å². The van der Waals surface area contributed by atoms with E-state index >= 15 is 0 Å². The molecule has 21 heteroatoms. The van der Waals surface area contributed by atoms with Crippen LogP contribution in [0.1, 0.15) is 27.3 Å². The van der Waals surface area contributed by atoms with Gasteiger partial charge in [0.1, 0.15) is 23.0 Å². The minimum Gasteiger partial charge on any atom is -0.457 e. The van der Waals surface area contributed by atoms with Crippen LogP contribution < -0.4 is 25.8 Å². The molecule has 0 saturated carbocycles. The minimum absolute atomic E-state index is 0.0695. The Balaban J connectivity index is 0.000000230. The third kappa shape index (κ3) is 11.3. The smallest absolute Gasteiger partial charge is 0.435 e. The lowest BCUT2D eigenvalue weighted by Gasteiger charge is -2.13.